The van der Waals surface area contributed by atoms with Crippen LogP contribution in [0, 0.1) is 17.5 Å². The van der Waals surface area contributed by atoms with Crippen LogP contribution >= 0.6 is 0 Å². The van der Waals surface area contributed by atoms with Gasteiger partial charge in [0.05, 0.1) is 11.1 Å². The maximum Gasteiger partial charge on any atom is 0.419 e. The lowest BCUT2D eigenvalue weighted by Gasteiger charge is -2.12. The first-order valence-corrected chi connectivity index (χ1v) is 8.11. The first kappa shape index (κ1) is 19.0. The van der Waals surface area contributed by atoms with Gasteiger partial charge in [-0.25, -0.2) is 13.2 Å². The minimum atomic E-state index is -4.82. The first-order valence-electron chi connectivity index (χ1n) is 8.11. The number of hydrogen-bond donors (Lipinski definition) is 0. The van der Waals surface area contributed by atoms with E-state index in [9.17, 15) is 26.3 Å². The van der Waals surface area contributed by atoms with Gasteiger partial charge in [-0.2, -0.15) is 13.2 Å². The van der Waals surface area contributed by atoms with E-state index >= 15 is 0 Å². The highest BCUT2D eigenvalue weighted by atomic mass is 19.4. The van der Waals surface area contributed by atoms with Gasteiger partial charge in [0.25, 0.3) is 0 Å². The number of allylic oxidation sites excluding steroid dienone is 1. The van der Waals surface area contributed by atoms with Crippen molar-refractivity contribution in [2.75, 3.05) is 0 Å². The summed E-state index contributed by atoms with van der Waals surface area (Å²) < 4.78 is 81.4. The Bertz CT molecular complexity index is 994. The Labute approximate surface area is 151 Å². The molecule has 0 spiro atoms. The Kier molecular flexibility index (Phi) is 5.00. The van der Waals surface area contributed by atoms with Crippen LogP contribution in [0.3, 0.4) is 0 Å². The Hall–Kier alpha value is -2.76. The molecular weight excluding hydrogens is 366 g/mol. The Morgan fingerprint density at radius 3 is 2.15 bits per heavy atom. The SMILES string of the molecule is C=CCCc1cc(F)c(-c2ccc3c(F)c(C(F)(F)F)ccc3c2)c(F)c1. The van der Waals surface area contributed by atoms with Gasteiger partial charge < -0.3 is 0 Å². The van der Waals surface area contributed by atoms with Crippen LogP contribution < -0.4 is 0 Å². The largest absolute Gasteiger partial charge is 0.419 e. The second-order valence-corrected chi connectivity index (χ2v) is 6.12. The van der Waals surface area contributed by atoms with E-state index in [1.54, 1.807) is 6.08 Å². The van der Waals surface area contributed by atoms with Crippen molar-refractivity contribution in [3.8, 4) is 11.1 Å². The van der Waals surface area contributed by atoms with Crippen LogP contribution in [0.15, 0.2) is 55.1 Å². The van der Waals surface area contributed by atoms with Gasteiger partial charge in [-0.05, 0) is 53.6 Å². The fourth-order valence-electron chi connectivity index (χ4n) is 2.98. The van der Waals surface area contributed by atoms with E-state index in [-0.39, 0.29) is 21.9 Å². The van der Waals surface area contributed by atoms with Gasteiger partial charge in [-0.3, -0.25) is 0 Å². The molecular formula is C21H14F6. The molecule has 0 atom stereocenters. The van der Waals surface area contributed by atoms with E-state index in [1.165, 1.54) is 24.3 Å². The number of halogens is 6. The molecule has 0 aliphatic heterocycles. The van der Waals surface area contributed by atoms with Crippen LogP contribution in [0.5, 0.6) is 0 Å². The summed E-state index contributed by atoms with van der Waals surface area (Å²) in [6, 6.07) is 7.68. The molecule has 0 amide bonds. The van der Waals surface area contributed by atoms with Crippen LogP contribution in [0.4, 0.5) is 26.3 Å². The van der Waals surface area contributed by atoms with Gasteiger partial charge in [-0.15, -0.1) is 6.58 Å². The molecule has 0 aliphatic carbocycles. The topological polar surface area (TPSA) is 0 Å². The molecule has 0 saturated carbocycles. The third kappa shape index (κ3) is 3.70. The standard InChI is InChI=1S/C21H14F6/c1-2-3-4-12-9-17(22)19(18(23)10-12)14-5-7-15-13(11-14)6-8-16(20(15)24)21(25,26)27/h2,5-11H,1,3-4H2. The van der Waals surface area contributed by atoms with Crippen LogP contribution in [0.2, 0.25) is 0 Å². The highest BCUT2D eigenvalue weighted by Crippen LogP contribution is 2.36. The van der Waals surface area contributed by atoms with Gasteiger partial charge in [0.2, 0.25) is 0 Å². The number of benzene rings is 3. The van der Waals surface area contributed by atoms with Gasteiger partial charge in [0.1, 0.15) is 17.5 Å². The van der Waals surface area contributed by atoms with Crippen molar-refractivity contribution in [1.29, 1.82) is 0 Å². The molecule has 27 heavy (non-hydrogen) atoms. The number of hydrogen-bond acceptors (Lipinski definition) is 0. The molecule has 140 valence electrons. The quantitative estimate of drug-likeness (QED) is 0.336. The molecule has 3 aromatic carbocycles. The highest BCUT2D eigenvalue weighted by Gasteiger charge is 2.34. The van der Waals surface area contributed by atoms with Gasteiger partial charge in [-0.1, -0.05) is 24.3 Å². The van der Waals surface area contributed by atoms with Crippen molar-refractivity contribution in [3.63, 3.8) is 0 Å². The smallest absolute Gasteiger partial charge is 0.206 e. The summed E-state index contributed by atoms with van der Waals surface area (Å²) >= 11 is 0. The van der Waals surface area contributed by atoms with Crippen LogP contribution in [-0.2, 0) is 12.6 Å². The average Bonchev–Trinajstić information content (AvgIpc) is 2.58. The monoisotopic (exact) mass is 380 g/mol. The number of alkyl halides is 3. The second kappa shape index (κ2) is 7.10. The summed E-state index contributed by atoms with van der Waals surface area (Å²) in [6.07, 6.45) is -2.19. The third-order valence-electron chi connectivity index (χ3n) is 4.29. The van der Waals surface area contributed by atoms with Crippen molar-refractivity contribution >= 4 is 10.8 Å². The zero-order chi connectivity index (χ0) is 19.8. The van der Waals surface area contributed by atoms with E-state index in [4.69, 9.17) is 0 Å². The Morgan fingerprint density at radius 1 is 0.889 bits per heavy atom. The lowest BCUT2D eigenvalue weighted by molar-refractivity contribution is -0.139. The van der Waals surface area contributed by atoms with E-state index in [2.05, 4.69) is 6.58 Å². The molecule has 0 aromatic heterocycles. The van der Waals surface area contributed by atoms with Crippen LogP contribution in [0.1, 0.15) is 17.5 Å². The minimum Gasteiger partial charge on any atom is -0.206 e. The molecule has 0 bridgehead atoms. The molecule has 0 saturated heterocycles. The maximum atomic E-state index is 14.4. The van der Waals surface area contributed by atoms with E-state index in [0.717, 1.165) is 12.1 Å². The molecule has 3 rings (SSSR count). The molecule has 0 aliphatic rings. The summed E-state index contributed by atoms with van der Waals surface area (Å²) in [6.45, 7) is 3.55. The van der Waals surface area contributed by atoms with Crippen LogP contribution in [-0.4, -0.2) is 0 Å². The number of aryl methyl sites for hydroxylation is 1. The Morgan fingerprint density at radius 2 is 1.56 bits per heavy atom. The van der Waals surface area contributed by atoms with Crippen molar-refractivity contribution in [1.82, 2.24) is 0 Å². The molecule has 0 heterocycles. The Balaban J connectivity index is 2.09. The van der Waals surface area contributed by atoms with Gasteiger partial charge in [0.15, 0.2) is 0 Å². The second-order valence-electron chi connectivity index (χ2n) is 6.12. The lowest BCUT2D eigenvalue weighted by atomic mass is 9.97. The zero-order valence-electron chi connectivity index (χ0n) is 14.0. The molecule has 0 unspecified atom stereocenters. The summed E-state index contributed by atoms with van der Waals surface area (Å²) in [4.78, 5) is 0. The van der Waals surface area contributed by atoms with Crippen molar-refractivity contribution in [2.45, 2.75) is 19.0 Å². The molecule has 3 aromatic rings. The predicted molar refractivity (Wildman–Crippen MR) is 92.8 cm³/mol. The first-order chi connectivity index (χ1) is 12.7. The summed E-state index contributed by atoms with van der Waals surface area (Å²) in [7, 11) is 0. The van der Waals surface area contributed by atoms with E-state index in [1.807, 2.05) is 0 Å². The molecule has 0 nitrogen and oxygen atoms in total. The molecule has 6 heteroatoms. The minimum absolute atomic E-state index is 0.118. The molecule has 0 N–H and O–H groups in total. The van der Waals surface area contributed by atoms with Crippen LogP contribution in [0.25, 0.3) is 21.9 Å². The summed E-state index contributed by atoms with van der Waals surface area (Å²) in [5.74, 6) is -2.99. The molecule has 0 radical (unpaired) electrons. The number of rotatable bonds is 4. The maximum absolute atomic E-state index is 14.4. The highest BCUT2D eigenvalue weighted by molar-refractivity contribution is 5.88. The fourth-order valence-corrected chi connectivity index (χ4v) is 2.98. The average molecular weight is 380 g/mol. The lowest BCUT2D eigenvalue weighted by Crippen LogP contribution is -2.08. The molecule has 0 fully saturated rings. The van der Waals surface area contributed by atoms with E-state index < -0.39 is 29.2 Å². The van der Waals surface area contributed by atoms with E-state index in [0.29, 0.717) is 24.5 Å². The van der Waals surface area contributed by atoms with Gasteiger partial charge in [0, 0.05) is 5.39 Å². The van der Waals surface area contributed by atoms with Crippen molar-refractivity contribution < 1.29 is 26.3 Å². The third-order valence-corrected chi connectivity index (χ3v) is 4.29. The normalized spacial score (nSPS) is 11.8. The van der Waals surface area contributed by atoms with Crippen molar-refractivity contribution in [2.24, 2.45) is 0 Å². The zero-order valence-corrected chi connectivity index (χ0v) is 14.0. The fraction of sp³-hybridized carbons (Fsp3) is 0.143. The summed E-state index contributed by atoms with van der Waals surface area (Å²) in [5.41, 5.74) is -1.10. The number of fused-ring (bicyclic) bond motifs is 1. The van der Waals surface area contributed by atoms with Gasteiger partial charge >= 0.3 is 6.18 Å². The predicted octanol–water partition coefficient (Wildman–Crippen LogP) is 7.06. The summed E-state index contributed by atoms with van der Waals surface area (Å²) in [5, 5.41) is -0.149. The van der Waals surface area contributed by atoms with Crippen molar-refractivity contribution in [3.05, 3.63) is 83.7 Å².